The van der Waals surface area contributed by atoms with Gasteiger partial charge in [0.1, 0.15) is 5.75 Å². The van der Waals surface area contributed by atoms with Crippen molar-refractivity contribution in [3.8, 4) is 5.75 Å². The number of nitrogens with one attached hydrogen (secondary N) is 2. The number of methoxy groups -OCH3 is 1. The minimum atomic E-state index is -0.877. The molecule has 0 spiro atoms. The Morgan fingerprint density at radius 1 is 1.15 bits per heavy atom. The van der Waals surface area contributed by atoms with Crippen molar-refractivity contribution in [1.29, 1.82) is 0 Å². The number of benzene rings is 1. The maximum absolute atomic E-state index is 13.0. The first-order valence-corrected chi connectivity index (χ1v) is 14.9. The number of para-hydroxylation sites is 1. The van der Waals surface area contributed by atoms with Gasteiger partial charge in [0.25, 0.3) is 5.91 Å². The molecular formula is C31H54N4O5. The number of rotatable bonds is 17. The lowest BCUT2D eigenvalue weighted by molar-refractivity contribution is -0.133. The van der Waals surface area contributed by atoms with Crippen LogP contribution in [0.1, 0.15) is 70.2 Å². The number of hydrogen-bond donors (Lipinski definition) is 4. The second-order valence-electron chi connectivity index (χ2n) is 12.3. The summed E-state index contributed by atoms with van der Waals surface area (Å²) in [5, 5.41) is 16.8. The molecule has 1 fully saturated rings. The third kappa shape index (κ3) is 10.7. The third-order valence-corrected chi connectivity index (χ3v) is 8.37. The molecule has 9 heteroatoms. The molecule has 1 aromatic rings. The van der Waals surface area contributed by atoms with Gasteiger partial charge in [0.15, 0.2) is 0 Å². The second kappa shape index (κ2) is 16.9. The van der Waals surface area contributed by atoms with Crippen LogP contribution < -0.4 is 21.1 Å². The highest BCUT2D eigenvalue weighted by Crippen LogP contribution is 2.33. The number of nitrogens with zero attached hydrogens (tertiary/aromatic N) is 1. The Morgan fingerprint density at radius 2 is 1.85 bits per heavy atom. The summed E-state index contributed by atoms with van der Waals surface area (Å²) in [6.07, 6.45) is 3.50. The highest BCUT2D eigenvalue weighted by molar-refractivity contribution is 5.96. The summed E-state index contributed by atoms with van der Waals surface area (Å²) < 4.78 is 10.9. The molecule has 4 atom stereocenters. The molecule has 5 N–H and O–H groups in total. The van der Waals surface area contributed by atoms with Gasteiger partial charge in [0.05, 0.1) is 18.3 Å². The first-order chi connectivity index (χ1) is 19.0. The first-order valence-electron chi connectivity index (χ1n) is 14.9. The number of carbonyl (C=O) groups is 2. The van der Waals surface area contributed by atoms with Crippen molar-refractivity contribution < 1.29 is 24.2 Å². The van der Waals surface area contributed by atoms with E-state index in [1.54, 1.807) is 19.2 Å². The monoisotopic (exact) mass is 562 g/mol. The fraction of sp³-hybridized carbons (Fsp3) is 0.742. The fourth-order valence-electron chi connectivity index (χ4n) is 5.24. The minimum absolute atomic E-state index is 0.0497. The van der Waals surface area contributed by atoms with Crippen molar-refractivity contribution in [3.05, 3.63) is 29.8 Å². The van der Waals surface area contributed by atoms with Gasteiger partial charge in [0.2, 0.25) is 5.91 Å². The topological polar surface area (TPSA) is 126 Å². The summed E-state index contributed by atoms with van der Waals surface area (Å²) in [4.78, 5) is 28.3. The Kier molecular flexibility index (Phi) is 14.4. The van der Waals surface area contributed by atoms with Crippen LogP contribution in [0.3, 0.4) is 0 Å². The Morgan fingerprint density at radius 3 is 2.52 bits per heavy atom. The first kappa shape index (κ1) is 34.0. The van der Waals surface area contributed by atoms with Gasteiger partial charge in [-0.05, 0) is 75.6 Å². The molecule has 9 nitrogen and oxygen atoms in total. The van der Waals surface area contributed by atoms with E-state index in [4.69, 9.17) is 15.2 Å². The molecule has 0 radical (unpaired) electrons. The minimum Gasteiger partial charge on any atom is -0.493 e. The summed E-state index contributed by atoms with van der Waals surface area (Å²) in [6.45, 7) is 11.8. The number of piperidine rings is 1. The summed E-state index contributed by atoms with van der Waals surface area (Å²) >= 11 is 0. The third-order valence-electron chi connectivity index (χ3n) is 8.37. The van der Waals surface area contributed by atoms with Crippen LogP contribution in [0.5, 0.6) is 5.75 Å². The van der Waals surface area contributed by atoms with Crippen molar-refractivity contribution in [3.63, 3.8) is 0 Å². The second-order valence-corrected chi connectivity index (χ2v) is 12.3. The zero-order valence-corrected chi connectivity index (χ0v) is 25.6. The number of carbonyl (C=O) groups excluding carboxylic acids is 2. The lowest BCUT2D eigenvalue weighted by Crippen LogP contribution is -2.51. The van der Waals surface area contributed by atoms with Crippen molar-refractivity contribution in [2.24, 2.45) is 28.9 Å². The van der Waals surface area contributed by atoms with E-state index in [2.05, 4.69) is 36.4 Å². The van der Waals surface area contributed by atoms with Crippen LogP contribution in [-0.4, -0.2) is 87.5 Å². The Labute approximate surface area is 241 Å². The van der Waals surface area contributed by atoms with Gasteiger partial charge in [-0.3, -0.25) is 9.59 Å². The lowest BCUT2D eigenvalue weighted by Gasteiger charge is -2.39. The zero-order valence-electron chi connectivity index (χ0n) is 25.6. The summed E-state index contributed by atoms with van der Waals surface area (Å²) in [5.74, 6) is 0.881. The molecule has 0 aromatic heterocycles. The summed E-state index contributed by atoms with van der Waals surface area (Å²) in [7, 11) is 3.77. The highest BCUT2D eigenvalue weighted by Gasteiger charge is 2.38. The van der Waals surface area contributed by atoms with Crippen molar-refractivity contribution >= 4 is 11.8 Å². The van der Waals surface area contributed by atoms with Gasteiger partial charge in [-0.15, -0.1) is 0 Å². The van der Waals surface area contributed by atoms with E-state index in [0.717, 1.165) is 38.8 Å². The molecule has 1 unspecified atom stereocenters. The van der Waals surface area contributed by atoms with E-state index in [9.17, 15) is 14.7 Å². The van der Waals surface area contributed by atoms with Crippen LogP contribution >= 0.6 is 0 Å². The van der Waals surface area contributed by atoms with Crippen LogP contribution in [0.15, 0.2) is 24.3 Å². The average Bonchev–Trinajstić information content (AvgIpc) is 2.93. The number of likely N-dealkylation sites (tertiary alicyclic amines) is 1. The predicted octanol–water partition coefficient (Wildman–Crippen LogP) is 3.06. The van der Waals surface area contributed by atoms with E-state index < -0.39 is 17.6 Å². The average molecular weight is 563 g/mol. The molecule has 1 heterocycles. The number of unbranched alkanes of at least 4 members (excludes halogenated alkanes) is 1. The largest absolute Gasteiger partial charge is 0.493 e. The van der Waals surface area contributed by atoms with Gasteiger partial charge >= 0.3 is 0 Å². The normalized spacial score (nSPS) is 18.7. The molecule has 0 saturated carbocycles. The molecule has 228 valence electrons. The zero-order chi connectivity index (χ0) is 29.7. The van der Waals surface area contributed by atoms with E-state index in [0.29, 0.717) is 37.5 Å². The molecule has 1 aliphatic heterocycles. The summed E-state index contributed by atoms with van der Waals surface area (Å²) in [6, 6.07) is 6.71. The molecular weight excluding hydrogens is 508 g/mol. The van der Waals surface area contributed by atoms with Crippen LogP contribution in [0.4, 0.5) is 0 Å². The van der Waals surface area contributed by atoms with Gasteiger partial charge in [-0.2, -0.15) is 0 Å². The van der Waals surface area contributed by atoms with E-state index >= 15 is 0 Å². The van der Waals surface area contributed by atoms with Crippen molar-refractivity contribution in [1.82, 2.24) is 15.5 Å². The SMILES string of the molecule is COCCCCOc1ccccc1C(=O)NC[C@@H](C[C@H](N)[C@@H](O)CNC(=O)C(C)(C)C1CCCN(C)C1)C(C)C. The van der Waals surface area contributed by atoms with Gasteiger partial charge in [-0.1, -0.05) is 39.8 Å². The van der Waals surface area contributed by atoms with Crippen LogP contribution in [-0.2, 0) is 9.53 Å². The molecule has 1 saturated heterocycles. The molecule has 0 bridgehead atoms. The van der Waals surface area contributed by atoms with Crippen LogP contribution in [0.2, 0.25) is 0 Å². The fourth-order valence-corrected chi connectivity index (χ4v) is 5.24. The predicted molar refractivity (Wildman–Crippen MR) is 159 cm³/mol. The number of aliphatic hydroxyl groups is 1. The van der Waals surface area contributed by atoms with E-state index in [-0.39, 0.29) is 36.1 Å². The summed E-state index contributed by atoms with van der Waals surface area (Å²) in [5.41, 5.74) is 6.37. The smallest absolute Gasteiger partial charge is 0.255 e. The molecule has 40 heavy (non-hydrogen) atoms. The molecule has 2 amide bonds. The van der Waals surface area contributed by atoms with Crippen molar-refractivity contribution in [2.45, 2.75) is 71.9 Å². The van der Waals surface area contributed by atoms with Gasteiger partial charge in [0, 0.05) is 44.8 Å². The maximum atomic E-state index is 13.0. The maximum Gasteiger partial charge on any atom is 0.255 e. The lowest BCUT2D eigenvalue weighted by atomic mass is 9.74. The highest BCUT2D eigenvalue weighted by atomic mass is 16.5. The van der Waals surface area contributed by atoms with Crippen molar-refractivity contribution in [2.75, 3.05) is 53.6 Å². The molecule has 0 aliphatic carbocycles. The van der Waals surface area contributed by atoms with Crippen LogP contribution in [0.25, 0.3) is 0 Å². The Hall–Kier alpha value is -2.20. The van der Waals surface area contributed by atoms with E-state index in [1.165, 1.54) is 0 Å². The Balaban J connectivity index is 1.86. The number of aliphatic hydroxyl groups excluding tert-OH is 1. The standard InChI is InChI=1S/C31H54N4O5/c1-22(2)23(19-33-29(37)25-13-7-8-14-28(25)40-17-10-9-16-39-6)18-26(32)27(36)20-34-30(38)31(3,4)24-12-11-15-35(5)21-24/h7-8,13-14,22-24,26-27,36H,9-12,15-21,32H2,1-6H3,(H,33,37)(H,34,38)/t23-,24?,26+,27+/m1/s1. The number of hydrogen-bond acceptors (Lipinski definition) is 7. The number of amides is 2. The quantitative estimate of drug-likeness (QED) is 0.215. The molecule has 2 rings (SSSR count). The van der Waals surface area contributed by atoms with E-state index in [1.807, 2.05) is 26.0 Å². The van der Waals surface area contributed by atoms with Crippen LogP contribution in [0, 0.1) is 23.2 Å². The molecule has 1 aromatic carbocycles. The molecule has 1 aliphatic rings. The van der Waals surface area contributed by atoms with Gasteiger partial charge in [-0.25, -0.2) is 0 Å². The number of ether oxygens (including phenoxy) is 2. The Bertz CT molecular complexity index is 909. The van der Waals surface area contributed by atoms with Gasteiger partial charge < -0.3 is 35.8 Å². The number of nitrogens with two attached hydrogens (primary N) is 1.